The molecule has 1 aliphatic heterocycles. The molecule has 0 aliphatic carbocycles. The summed E-state index contributed by atoms with van der Waals surface area (Å²) in [5, 5.41) is -0.466. The molecule has 0 amide bonds. The molecule has 1 saturated heterocycles. The third-order valence-corrected chi connectivity index (χ3v) is 4.49. The lowest BCUT2D eigenvalue weighted by molar-refractivity contribution is -0.122. The van der Waals surface area contributed by atoms with Crippen LogP contribution in [0.1, 0.15) is 20.3 Å². The van der Waals surface area contributed by atoms with E-state index in [-0.39, 0.29) is 23.9 Å². The van der Waals surface area contributed by atoms with Gasteiger partial charge in [0.1, 0.15) is 5.78 Å². The molecular weight excluding hydrogens is 164 g/mol. The van der Waals surface area contributed by atoms with E-state index in [4.69, 9.17) is 0 Å². The van der Waals surface area contributed by atoms with E-state index < -0.39 is 15.1 Å². The normalized spacial score (nSPS) is 37.1. The van der Waals surface area contributed by atoms with Crippen LogP contribution in [0.5, 0.6) is 0 Å². The molecule has 2 atom stereocenters. The summed E-state index contributed by atoms with van der Waals surface area (Å²) in [7, 11) is -2.96. The number of ketones is 1. The van der Waals surface area contributed by atoms with E-state index in [1.54, 1.807) is 13.8 Å². The van der Waals surface area contributed by atoms with Crippen molar-refractivity contribution in [1.82, 2.24) is 0 Å². The zero-order valence-electron chi connectivity index (χ0n) is 6.70. The molecule has 3 nitrogen and oxygen atoms in total. The zero-order chi connectivity index (χ0) is 8.65. The van der Waals surface area contributed by atoms with E-state index in [9.17, 15) is 13.2 Å². The molecule has 0 bridgehead atoms. The Labute approximate surface area is 66.7 Å². The average molecular weight is 176 g/mol. The van der Waals surface area contributed by atoms with E-state index in [1.807, 2.05) is 0 Å². The number of rotatable bonds is 0. The molecule has 0 spiro atoms. The minimum Gasteiger partial charge on any atom is -0.299 e. The smallest absolute Gasteiger partial charge is 0.154 e. The van der Waals surface area contributed by atoms with Crippen LogP contribution in [0.4, 0.5) is 0 Å². The highest BCUT2D eigenvalue weighted by Crippen LogP contribution is 2.20. The molecule has 0 aromatic heterocycles. The number of carbonyl (C=O) groups is 1. The SMILES string of the molecule is C[C@@H]1CS(=O)(=O)[C@H](C)CC1=O. The van der Waals surface area contributed by atoms with Crippen molar-refractivity contribution in [2.75, 3.05) is 5.75 Å². The first-order valence-electron chi connectivity index (χ1n) is 3.68. The van der Waals surface area contributed by atoms with Crippen molar-refractivity contribution in [3.8, 4) is 0 Å². The van der Waals surface area contributed by atoms with E-state index in [2.05, 4.69) is 0 Å². The van der Waals surface area contributed by atoms with Crippen LogP contribution in [0, 0.1) is 5.92 Å². The Morgan fingerprint density at radius 1 is 1.36 bits per heavy atom. The zero-order valence-corrected chi connectivity index (χ0v) is 7.52. The fourth-order valence-electron chi connectivity index (χ4n) is 1.22. The Bertz CT molecular complexity index is 265. The Hall–Kier alpha value is -0.380. The Balaban J connectivity index is 2.88. The van der Waals surface area contributed by atoms with Crippen molar-refractivity contribution >= 4 is 15.6 Å². The van der Waals surface area contributed by atoms with Crippen LogP contribution < -0.4 is 0 Å². The maximum atomic E-state index is 11.2. The lowest BCUT2D eigenvalue weighted by Gasteiger charge is -2.22. The molecule has 0 radical (unpaired) electrons. The summed E-state index contributed by atoms with van der Waals surface area (Å²) in [6, 6.07) is 0. The first kappa shape index (κ1) is 8.71. The van der Waals surface area contributed by atoms with Gasteiger partial charge in [0, 0.05) is 12.3 Å². The van der Waals surface area contributed by atoms with Crippen LogP contribution in [0.25, 0.3) is 0 Å². The van der Waals surface area contributed by atoms with Gasteiger partial charge in [-0.2, -0.15) is 0 Å². The summed E-state index contributed by atoms with van der Waals surface area (Å²) in [4.78, 5) is 11.0. The van der Waals surface area contributed by atoms with E-state index in [1.165, 1.54) is 0 Å². The second kappa shape index (κ2) is 2.59. The Morgan fingerprint density at radius 3 is 2.36 bits per heavy atom. The van der Waals surface area contributed by atoms with Crippen molar-refractivity contribution < 1.29 is 13.2 Å². The van der Waals surface area contributed by atoms with Crippen LogP contribution >= 0.6 is 0 Å². The molecule has 1 aliphatic rings. The highest BCUT2D eigenvalue weighted by Gasteiger charge is 2.34. The van der Waals surface area contributed by atoms with Crippen LogP contribution in [-0.2, 0) is 14.6 Å². The minimum atomic E-state index is -2.96. The summed E-state index contributed by atoms with van der Waals surface area (Å²) in [6.45, 7) is 3.27. The summed E-state index contributed by atoms with van der Waals surface area (Å²) < 4.78 is 22.4. The van der Waals surface area contributed by atoms with Crippen molar-refractivity contribution in [2.24, 2.45) is 5.92 Å². The molecule has 4 heteroatoms. The quantitative estimate of drug-likeness (QED) is 0.536. The standard InChI is InChI=1S/C7H12O3S/c1-5-4-11(9,10)6(2)3-7(5)8/h5-6H,3-4H2,1-2H3/t5-,6-/m1/s1. The van der Waals surface area contributed by atoms with E-state index in [0.29, 0.717) is 0 Å². The van der Waals surface area contributed by atoms with Gasteiger partial charge in [0.05, 0.1) is 11.0 Å². The first-order chi connectivity index (χ1) is 4.93. The molecule has 0 saturated carbocycles. The maximum Gasteiger partial charge on any atom is 0.154 e. The summed E-state index contributed by atoms with van der Waals surface area (Å²) in [6.07, 6.45) is 0.198. The van der Waals surface area contributed by atoms with Gasteiger partial charge in [0.25, 0.3) is 0 Å². The van der Waals surface area contributed by atoms with Gasteiger partial charge >= 0.3 is 0 Å². The van der Waals surface area contributed by atoms with Gasteiger partial charge in [-0.25, -0.2) is 8.42 Å². The monoisotopic (exact) mass is 176 g/mol. The highest BCUT2D eigenvalue weighted by molar-refractivity contribution is 7.92. The third-order valence-electron chi connectivity index (χ3n) is 2.13. The summed E-state index contributed by atoms with van der Waals surface area (Å²) in [5.41, 5.74) is 0. The van der Waals surface area contributed by atoms with Gasteiger partial charge in [0.15, 0.2) is 9.84 Å². The number of sulfone groups is 1. The lowest BCUT2D eigenvalue weighted by Crippen LogP contribution is -2.36. The maximum absolute atomic E-state index is 11.2. The van der Waals surface area contributed by atoms with Crippen LogP contribution in [0.15, 0.2) is 0 Å². The topological polar surface area (TPSA) is 51.2 Å². The molecule has 11 heavy (non-hydrogen) atoms. The summed E-state index contributed by atoms with van der Waals surface area (Å²) >= 11 is 0. The van der Waals surface area contributed by atoms with Gasteiger partial charge < -0.3 is 0 Å². The fourth-order valence-corrected chi connectivity index (χ4v) is 2.85. The molecule has 1 heterocycles. The van der Waals surface area contributed by atoms with Gasteiger partial charge in [0.2, 0.25) is 0 Å². The average Bonchev–Trinajstić information content (AvgIpc) is 1.83. The minimum absolute atomic E-state index is 0.0347. The van der Waals surface area contributed by atoms with Gasteiger partial charge in [-0.05, 0) is 6.92 Å². The molecule has 1 fully saturated rings. The van der Waals surface area contributed by atoms with Gasteiger partial charge in [-0.3, -0.25) is 4.79 Å². The number of Topliss-reactive ketones (excluding diaryl/α,β-unsaturated/α-hetero) is 1. The molecule has 0 aromatic rings. The van der Waals surface area contributed by atoms with Crippen molar-refractivity contribution in [1.29, 1.82) is 0 Å². The Kier molecular flexibility index (Phi) is 2.05. The van der Waals surface area contributed by atoms with Crippen molar-refractivity contribution in [3.63, 3.8) is 0 Å². The van der Waals surface area contributed by atoms with E-state index in [0.717, 1.165) is 0 Å². The molecular formula is C7H12O3S. The first-order valence-corrected chi connectivity index (χ1v) is 5.39. The molecule has 0 unspecified atom stereocenters. The van der Waals surface area contributed by atoms with Gasteiger partial charge in [-0.1, -0.05) is 6.92 Å². The van der Waals surface area contributed by atoms with Crippen molar-refractivity contribution in [3.05, 3.63) is 0 Å². The summed E-state index contributed by atoms with van der Waals surface area (Å²) in [5.74, 6) is -0.184. The van der Waals surface area contributed by atoms with Crippen LogP contribution in [0.3, 0.4) is 0 Å². The van der Waals surface area contributed by atoms with Crippen LogP contribution in [0.2, 0.25) is 0 Å². The second-order valence-electron chi connectivity index (χ2n) is 3.21. The number of hydrogen-bond donors (Lipinski definition) is 0. The largest absolute Gasteiger partial charge is 0.299 e. The van der Waals surface area contributed by atoms with Crippen molar-refractivity contribution in [2.45, 2.75) is 25.5 Å². The third kappa shape index (κ3) is 1.61. The predicted molar refractivity (Wildman–Crippen MR) is 42.0 cm³/mol. The molecule has 64 valence electrons. The molecule has 0 N–H and O–H groups in total. The number of hydrogen-bond acceptors (Lipinski definition) is 3. The highest BCUT2D eigenvalue weighted by atomic mass is 32.2. The predicted octanol–water partition coefficient (Wildman–Crippen LogP) is 0.399. The number of carbonyl (C=O) groups excluding carboxylic acids is 1. The fraction of sp³-hybridized carbons (Fsp3) is 0.857. The lowest BCUT2D eigenvalue weighted by atomic mass is 10.0. The van der Waals surface area contributed by atoms with Gasteiger partial charge in [-0.15, -0.1) is 0 Å². The van der Waals surface area contributed by atoms with E-state index >= 15 is 0 Å². The second-order valence-corrected chi connectivity index (χ2v) is 5.68. The molecule has 1 rings (SSSR count). The molecule has 0 aromatic carbocycles. The van der Waals surface area contributed by atoms with Crippen LogP contribution in [-0.4, -0.2) is 25.2 Å². The Morgan fingerprint density at radius 2 is 1.91 bits per heavy atom.